The first-order valence-corrected chi connectivity index (χ1v) is 12.8. The zero-order chi connectivity index (χ0) is 27.0. The Morgan fingerprint density at radius 3 is 2.42 bits per heavy atom. The van der Waals surface area contributed by atoms with Crippen LogP contribution in [-0.4, -0.2) is 32.4 Å². The second kappa shape index (κ2) is 9.67. The van der Waals surface area contributed by atoms with Gasteiger partial charge < -0.3 is 14.0 Å². The number of nitrogens with one attached hydrogen (secondary N) is 1. The number of anilines is 1. The van der Waals surface area contributed by atoms with Crippen LogP contribution in [0.3, 0.4) is 0 Å². The SMILES string of the molecule is COc1cc(C)ccc1-c1cc(OC)c(-n2c(=O)ccc3cc(S(=O)(=O)Nc4ccon4)ccc32)cc1F. The third-order valence-electron chi connectivity index (χ3n) is 6.01. The van der Waals surface area contributed by atoms with Crippen molar-refractivity contribution in [2.75, 3.05) is 18.9 Å². The van der Waals surface area contributed by atoms with Crippen molar-refractivity contribution in [2.24, 2.45) is 0 Å². The predicted molar refractivity (Wildman–Crippen MR) is 140 cm³/mol. The molecule has 5 aromatic rings. The summed E-state index contributed by atoms with van der Waals surface area (Å²) < 4.78 is 60.5. The quantitative estimate of drug-likeness (QED) is 0.315. The van der Waals surface area contributed by atoms with Crippen molar-refractivity contribution < 1.29 is 26.8 Å². The van der Waals surface area contributed by atoms with Gasteiger partial charge in [-0.15, -0.1) is 0 Å². The molecule has 0 radical (unpaired) electrons. The van der Waals surface area contributed by atoms with Gasteiger partial charge in [-0.05, 0) is 48.9 Å². The Balaban J connectivity index is 1.65. The fraction of sp³-hybridized carbons (Fsp3) is 0.111. The van der Waals surface area contributed by atoms with Crippen LogP contribution < -0.4 is 19.8 Å². The lowest BCUT2D eigenvalue weighted by Gasteiger charge is -2.17. The van der Waals surface area contributed by atoms with Gasteiger partial charge in [-0.2, -0.15) is 0 Å². The van der Waals surface area contributed by atoms with Crippen molar-refractivity contribution in [3.8, 4) is 28.3 Å². The summed E-state index contributed by atoms with van der Waals surface area (Å²) in [6, 6.07) is 16.5. The maximum atomic E-state index is 15.6. The first-order valence-electron chi connectivity index (χ1n) is 11.3. The number of hydrogen-bond donors (Lipinski definition) is 1. The molecule has 11 heteroatoms. The molecule has 0 bridgehead atoms. The first kappa shape index (κ1) is 25.0. The van der Waals surface area contributed by atoms with E-state index in [9.17, 15) is 13.2 Å². The van der Waals surface area contributed by atoms with E-state index in [2.05, 4.69) is 14.4 Å². The fourth-order valence-electron chi connectivity index (χ4n) is 4.21. The predicted octanol–water partition coefficient (Wildman–Crippen LogP) is 4.91. The summed E-state index contributed by atoms with van der Waals surface area (Å²) in [6.45, 7) is 1.90. The summed E-state index contributed by atoms with van der Waals surface area (Å²) in [5, 5.41) is 3.99. The van der Waals surface area contributed by atoms with E-state index in [-0.39, 0.29) is 27.7 Å². The summed E-state index contributed by atoms with van der Waals surface area (Å²) in [6.07, 6.45) is 1.24. The molecular formula is C27H22FN3O6S. The van der Waals surface area contributed by atoms with Crippen LogP contribution in [0.15, 0.2) is 87.2 Å². The standard InChI is InChI=1S/C27H22FN3O6S/c1-16-4-7-19(24(12-16)35-2)20-14-25(36-3)23(15-21(20)28)31-22-8-6-18(13-17(22)5-9-27(31)32)38(33,34)30-26-10-11-37-29-26/h4-15H,1-3H3,(H,29,30). The summed E-state index contributed by atoms with van der Waals surface area (Å²) in [5.41, 5.74) is 1.79. The minimum absolute atomic E-state index is 0.0283. The smallest absolute Gasteiger partial charge is 0.263 e. The number of aromatic nitrogens is 2. The van der Waals surface area contributed by atoms with Crippen molar-refractivity contribution in [1.29, 1.82) is 0 Å². The molecule has 1 N–H and O–H groups in total. The van der Waals surface area contributed by atoms with Crippen LogP contribution >= 0.6 is 0 Å². The third kappa shape index (κ3) is 4.48. The molecule has 2 aromatic heterocycles. The van der Waals surface area contributed by atoms with Crippen LogP contribution in [0.4, 0.5) is 10.2 Å². The molecule has 0 spiro atoms. The molecular weight excluding hydrogens is 513 g/mol. The molecule has 0 aliphatic carbocycles. The van der Waals surface area contributed by atoms with E-state index >= 15 is 4.39 Å². The molecule has 0 saturated carbocycles. The Morgan fingerprint density at radius 1 is 0.921 bits per heavy atom. The first-order chi connectivity index (χ1) is 18.2. The van der Waals surface area contributed by atoms with Crippen molar-refractivity contribution in [1.82, 2.24) is 9.72 Å². The van der Waals surface area contributed by atoms with Gasteiger partial charge in [0.2, 0.25) is 0 Å². The Morgan fingerprint density at radius 2 is 1.71 bits per heavy atom. The molecule has 2 heterocycles. The molecule has 5 rings (SSSR count). The van der Waals surface area contributed by atoms with Crippen molar-refractivity contribution in [2.45, 2.75) is 11.8 Å². The topological polar surface area (TPSA) is 113 Å². The number of rotatable bonds is 7. The van der Waals surface area contributed by atoms with Gasteiger partial charge in [0.25, 0.3) is 15.6 Å². The monoisotopic (exact) mass is 535 g/mol. The minimum atomic E-state index is -3.98. The molecule has 0 aliphatic rings. The van der Waals surface area contributed by atoms with E-state index in [0.29, 0.717) is 22.2 Å². The fourth-order valence-corrected chi connectivity index (χ4v) is 5.24. The van der Waals surface area contributed by atoms with E-state index in [4.69, 9.17) is 9.47 Å². The molecule has 0 atom stereocenters. The Bertz CT molecular complexity index is 1830. The van der Waals surface area contributed by atoms with Crippen molar-refractivity contribution in [3.63, 3.8) is 0 Å². The average Bonchev–Trinajstić information content (AvgIpc) is 3.40. The number of halogens is 1. The molecule has 0 unspecified atom stereocenters. The van der Waals surface area contributed by atoms with Crippen LogP contribution in [0.5, 0.6) is 11.5 Å². The maximum Gasteiger partial charge on any atom is 0.263 e. The minimum Gasteiger partial charge on any atom is -0.496 e. The molecule has 0 saturated heterocycles. The number of methoxy groups -OCH3 is 2. The zero-order valence-corrected chi connectivity index (χ0v) is 21.4. The van der Waals surface area contributed by atoms with Gasteiger partial charge in [-0.25, -0.2) is 12.8 Å². The zero-order valence-electron chi connectivity index (χ0n) is 20.6. The maximum absolute atomic E-state index is 15.6. The number of hydrogen-bond acceptors (Lipinski definition) is 7. The van der Waals surface area contributed by atoms with E-state index in [1.165, 1.54) is 73.6 Å². The highest BCUT2D eigenvalue weighted by atomic mass is 32.2. The van der Waals surface area contributed by atoms with Gasteiger partial charge in [0.15, 0.2) is 5.82 Å². The second-order valence-electron chi connectivity index (χ2n) is 8.43. The summed E-state index contributed by atoms with van der Waals surface area (Å²) in [4.78, 5) is 13.0. The van der Waals surface area contributed by atoms with Gasteiger partial charge >= 0.3 is 0 Å². The molecule has 0 fully saturated rings. The van der Waals surface area contributed by atoms with Crippen molar-refractivity contribution in [3.05, 3.63) is 94.7 Å². The van der Waals surface area contributed by atoms with E-state index in [1.807, 2.05) is 13.0 Å². The van der Waals surface area contributed by atoms with Gasteiger partial charge in [0.1, 0.15) is 23.6 Å². The Hall–Kier alpha value is -4.64. The van der Waals surface area contributed by atoms with Crippen LogP contribution in [0.2, 0.25) is 0 Å². The molecule has 0 aliphatic heterocycles. The van der Waals surface area contributed by atoms with Gasteiger partial charge in [0, 0.05) is 34.7 Å². The average molecular weight is 536 g/mol. The summed E-state index contributed by atoms with van der Waals surface area (Å²) in [5.74, 6) is 0.167. The molecule has 9 nitrogen and oxygen atoms in total. The highest BCUT2D eigenvalue weighted by molar-refractivity contribution is 7.92. The van der Waals surface area contributed by atoms with Gasteiger partial charge in [0.05, 0.1) is 30.3 Å². The largest absolute Gasteiger partial charge is 0.496 e. The van der Waals surface area contributed by atoms with Crippen LogP contribution in [0, 0.1) is 12.7 Å². The number of sulfonamides is 1. The Kier molecular flexibility index (Phi) is 6.37. The van der Waals surface area contributed by atoms with Crippen molar-refractivity contribution >= 4 is 26.7 Å². The number of benzene rings is 3. The van der Waals surface area contributed by atoms with E-state index < -0.39 is 21.4 Å². The number of aryl methyl sites for hydroxylation is 1. The van der Waals surface area contributed by atoms with Gasteiger partial charge in [-0.3, -0.25) is 14.1 Å². The highest BCUT2D eigenvalue weighted by Gasteiger charge is 2.20. The molecule has 3 aromatic carbocycles. The van der Waals surface area contributed by atoms with E-state index in [1.54, 1.807) is 12.1 Å². The third-order valence-corrected chi connectivity index (χ3v) is 7.36. The van der Waals surface area contributed by atoms with Gasteiger partial charge in [-0.1, -0.05) is 17.3 Å². The van der Waals surface area contributed by atoms with Crippen LogP contribution in [0.25, 0.3) is 27.7 Å². The molecule has 0 amide bonds. The van der Waals surface area contributed by atoms with E-state index in [0.717, 1.165) is 5.56 Å². The number of pyridine rings is 1. The van der Waals surface area contributed by atoms with Crippen LogP contribution in [0.1, 0.15) is 5.56 Å². The number of fused-ring (bicyclic) bond motifs is 1. The lowest BCUT2D eigenvalue weighted by Crippen LogP contribution is -2.19. The number of ether oxygens (including phenoxy) is 2. The summed E-state index contributed by atoms with van der Waals surface area (Å²) >= 11 is 0. The number of nitrogens with zero attached hydrogens (tertiary/aromatic N) is 2. The molecule has 194 valence electrons. The molecule has 38 heavy (non-hydrogen) atoms. The Labute approximate surface area is 217 Å². The lowest BCUT2D eigenvalue weighted by atomic mass is 10.0. The summed E-state index contributed by atoms with van der Waals surface area (Å²) in [7, 11) is -1.06. The lowest BCUT2D eigenvalue weighted by molar-refractivity contribution is 0.411. The van der Waals surface area contributed by atoms with Crippen LogP contribution in [-0.2, 0) is 10.0 Å². The highest BCUT2D eigenvalue weighted by Crippen LogP contribution is 2.38. The normalized spacial score (nSPS) is 11.5. The second-order valence-corrected chi connectivity index (χ2v) is 10.1.